The maximum Gasteiger partial charge on any atom is 0.252 e. The van der Waals surface area contributed by atoms with E-state index in [1.165, 1.54) is 6.20 Å². The van der Waals surface area contributed by atoms with Gasteiger partial charge >= 0.3 is 0 Å². The van der Waals surface area contributed by atoms with Crippen LogP contribution in [0.2, 0.25) is 0 Å². The summed E-state index contributed by atoms with van der Waals surface area (Å²) in [5.74, 6) is 0.532. The van der Waals surface area contributed by atoms with Gasteiger partial charge in [0.15, 0.2) is 0 Å². The topological polar surface area (TPSA) is 122 Å². The Labute approximate surface area is 179 Å². The van der Waals surface area contributed by atoms with E-state index in [9.17, 15) is 9.90 Å². The van der Waals surface area contributed by atoms with Gasteiger partial charge in [-0.25, -0.2) is 4.98 Å². The fourth-order valence-electron chi connectivity index (χ4n) is 4.71. The van der Waals surface area contributed by atoms with Gasteiger partial charge in [0.05, 0.1) is 28.8 Å². The van der Waals surface area contributed by atoms with Crippen molar-refractivity contribution < 1.29 is 9.90 Å². The number of rotatable bonds is 4. The Kier molecular flexibility index (Phi) is 4.66. The molecule has 4 aromatic rings. The number of hydrogen-bond acceptors (Lipinski definition) is 5. The van der Waals surface area contributed by atoms with Gasteiger partial charge in [-0.2, -0.15) is 5.10 Å². The third kappa shape index (κ3) is 3.42. The summed E-state index contributed by atoms with van der Waals surface area (Å²) in [4.78, 5) is 20.0. The number of nitrogens with one attached hydrogen (secondary N) is 2. The summed E-state index contributed by atoms with van der Waals surface area (Å²) < 4.78 is 1.77. The predicted octanol–water partition coefficient (Wildman–Crippen LogP) is 3.18. The minimum Gasteiger partial charge on any atom is -0.393 e. The quantitative estimate of drug-likeness (QED) is 0.405. The second kappa shape index (κ2) is 7.39. The molecule has 0 radical (unpaired) electrons. The number of carbonyl (C=O) groups is 1. The highest BCUT2D eigenvalue weighted by Gasteiger charge is 2.28. The number of nitrogens with two attached hydrogens (primary N) is 1. The molecule has 1 aliphatic carbocycles. The number of nitrogens with zero attached hydrogens (tertiary/aromatic N) is 3. The van der Waals surface area contributed by atoms with Gasteiger partial charge < -0.3 is 21.1 Å². The summed E-state index contributed by atoms with van der Waals surface area (Å²) >= 11 is 0. The van der Waals surface area contributed by atoms with Crippen LogP contribution in [-0.4, -0.2) is 42.9 Å². The predicted molar refractivity (Wildman–Crippen MR) is 121 cm³/mol. The van der Waals surface area contributed by atoms with Crippen LogP contribution in [0, 0.1) is 5.92 Å². The summed E-state index contributed by atoms with van der Waals surface area (Å²) in [5, 5.41) is 19.6. The second-order valence-corrected chi connectivity index (χ2v) is 8.62. The molecule has 160 valence electrons. The summed E-state index contributed by atoms with van der Waals surface area (Å²) in [6.45, 7) is 2.14. The third-order valence-corrected chi connectivity index (χ3v) is 6.39. The fourth-order valence-corrected chi connectivity index (χ4v) is 4.71. The molecule has 1 aliphatic rings. The molecule has 1 unspecified atom stereocenters. The zero-order valence-electron chi connectivity index (χ0n) is 17.6. The van der Waals surface area contributed by atoms with Crippen LogP contribution in [0.15, 0.2) is 36.8 Å². The van der Waals surface area contributed by atoms with Gasteiger partial charge in [0.1, 0.15) is 5.82 Å². The molecule has 1 aromatic carbocycles. The van der Waals surface area contributed by atoms with Gasteiger partial charge in [0.25, 0.3) is 5.91 Å². The van der Waals surface area contributed by atoms with Crippen molar-refractivity contribution in [2.75, 3.05) is 5.32 Å². The number of benzene rings is 1. The van der Waals surface area contributed by atoms with E-state index in [1.54, 1.807) is 4.68 Å². The summed E-state index contributed by atoms with van der Waals surface area (Å²) in [7, 11) is 1.89. The molecule has 0 saturated heterocycles. The molecule has 31 heavy (non-hydrogen) atoms. The summed E-state index contributed by atoms with van der Waals surface area (Å²) in [5.41, 5.74) is 9.65. The molecule has 1 saturated carbocycles. The van der Waals surface area contributed by atoms with Crippen molar-refractivity contribution in [3.05, 3.63) is 42.4 Å². The summed E-state index contributed by atoms with van der Waals surface area (Å²) in [6, 6.07) is 6.36. The number of aliphatic hydroxyl groups excluding tert-OH is 1. The van der Waals surface area contributed by atoms with E-state index < -0.39 is 5.91 Å². The van der Waals surface area contributed by atoms with E-state index in [-0.39, 0.29) is 12.1 Å². The maximum absolute atomic E-state index is 12.1. The molecule has 3 atom stereocenters. The van der Waals surface area contributed by atoms with Crippen molar-refractivity contribution in [2.24, 2.45) is 18.7 Å². The first kappa shape index (κ1) is 19.6. The molecule has 1 amide bonds. The Morgan fingerprint density at radius 3 is 2.84 bits per heavy atom. The number of primary amides is 1. The number of H-pyrrole nitrogens is 1. The van der Waals surface area contributed by atoms with Gasteiger partial charge in [-0.1, -0.05) is 19.1 Å². The van der Waals surface area contributed by atoms with Gasteiger partial charge in [-0.3, -0.25) is 9.48 Å². The molecule has 0 aliphatic heterocycles. The smallest absolute Gasteiger partial charge is 0.252 e. The van der Waals surface area contributed by atoms with Crippen LogP contribution in [0.3, 0.4) is 0 Å². The first-order valence-corrected chi connectivity index (χ1v) is 10.6. The second-order valence-electron chi connectivity index (χ2n) is 8.62. The number of fused-ring (bicyclic) bond motifs is 3. The molecule has 5 N–H and O–H groups in total. The van der Waals surface area contributed by atoms with Gasteiger partial charge in [0, 0.05) is 41.9 Å². The lowest BCUT2D eigenvalue weighted by molar-refractivity contribution is 0.0993. The van der Waals surface area contributed by atoms with E-state index >= 15 is 0 Å². The highest BCUT2D eigenvalue weighted by Crippen LogP contribution is 2.36. The monoisotopic (exact) mass is 418 g/mol. The molecule has 1 fully saturated rings. The molecule has 8 heteroatoms. The van der Waals surface area contributed by atoms with Crippen molar-refractivity contribution in [1.82, 2.24) is 19.7 Å². The largest absolute Gasteiger partial charge is 0.393 e. The first-order chi connectivity index (χ1) is 14.9. The maximum atomic E-state index is 12.1. The Bertz CT molecular complexity index is 1290. The highest BCUT2D eigenvalue weighted by atomic mass is 16.3. The number of aromatic amines is 1. The molecule has 5 rings (SSSR count). The lowest BCUT2D eigenvalue weighted by atomic mass is 9.84. The average Bonchev–Trinajstić information content (AvgIpc) is 3.33. The van der Waals surface area contributed by atoms with Crippen molar-refractivity contribution in [2.45, 2.75) is 38.3 Å². The fraction of sp³-hybridized carbons (Fsp3) is 0.348. The number of anilines is 1. The van der Waals surface area contributed by atoms with Gasteiger partial charge in [-0.05, 0) is 36.8 Å². The van der Waals surface area contributed by atoms with Crippen LogP contribution >= 0.6 is 0 Å². The van der Waals surface area contributed by atoms with Crippen molar-refractivity contribution >= 4 is 33.5 Å². The average molecular weight is 419 g/mol. The van der Waals surface area contributed by atoms with Crippen LogP contribution in [-0.2, 0) is 7.05 Å². The zero-order chi connectivity index (χ0) is 21.7. The van der Waals surface area contributed by atoms with E-state index in [0.717, 1.165) is 52.5 Å². The van der Waals surface area contributed by atoms with Crippen molar-refractivity contribution in [1.29, 1.82) is 0 Å². The van der Waals surface area contributed by atoms with Crippen LogP contribution in [0.25, 0.3) is 32.9 Å². The number of carbonyl (C=O) groups excluding carboxylic acids is 1. The van der Waals surface area contributed by atoms with Crippen LogP contribution in [0.5, 0.6) is 0 Å². The minimum atomic E-state index is -0.516. The third-order valence-electron chi connectivity index (χ3n) is 6.39. The Morgan fingerprint density at radius 1 is 1.29 bits per heavy atom. The van der Waals surface area contributed by atoms with E-state index in [2.05, 4.69) is 33.4 Å². The lowest BCUT2D eigenvalue weighted by Gasteiger charge is -2.33. The number of aliphatic hydroxyl groups is 1. The minimum absolute atomic E-state index is 0.207. The molecular formula is C23H26N6O2. The molecule has 3 heterocycles. The number of amides is 1. The lowest BCUT2D eigenvalue weighted by Crippen LogP contribution is -2.35. The molecular weight excluding hydrogens is 392 g/mol. The number of aryl methyl sites for hydroxylation is 1. The Morgan fingerprint density at radius 2 is 2.13 bits per heavy atom. The number of hydrogen-bond donors (Lipinski definition) is 4. The standard InChI is InChI=1S/C23H26N6O2/c1-12-7-15(30)4-6-18(12)28-23-20-16-5-3-13(14-9-26-29(2)11-14)8-19(16)27-21(20)17(10-25-23)22(24)31/h3,5,8-12,15,18,27,30H,4,6-7H2,1-2H3,(H2,24,31)(H,25,28)/t12-,15-,18?/m1/s1. The van der Waals surface area contributed by atoms with Gasteiger partial charge in [0.2, 0.25) is 0 Å². The van der Waals surface area contributed by atoms with Gasteiger partial charge in [-0.15, -0.1) is 0 Å². The van der Waals surface area contributed by atoms with Crippen LogP contribution in [0.1, 0.15) is 36.5 Å². The number of pyridine rings is 1. The molecule has 3 aromatic heterocycles. The molecule has 8 nitrogen and oxygen atoms in total. The van der Waals surface area contributed by atoms with E-state index in [1.807, 2.05) is 31.6 Å². The number of aromatic nitrogens is 4. The summed E-state index contributed by atoms with van der Waals surface area (Å²) in [6.07, 6.45) is 7.49. The normalized spacial score (nSPS) is 21.6. The van der Waals surface area contributed by atoms with Crippen LogP contribution in [0.4, 0.5) is 5.82 Å². The molecule has 0 spiro atoms. The molecule has 0 bridgehead atoms. The first-order valence-electron chi connectivity index (χ1n) is 10.6. The van der Waals surface area contributed by atoms with E-state index in [0.29, 0.717) is 17.0 Å². The van der Waals surface area contributed by atoms with E-state index in [4.69, 9.17) is 5.73 Å². The Hall–Kier alpha value is -3.39. The van der Waals surface area contributed by atoms with Crippen LogP contribution < -0.4 is 11.1 Å². The van der Waals surface area contributed by atoms with Crippen molar-refractivity contribution in [3.8, 4) is 11.1 Å². The SMILES string of the molecule is C[C@@H]1C[C@H](O)CCC1Nc1ncc(C(N)=O)c2[nH]c3cc(-c4cnn(C)c4)ccc3c12. The Balaban J connectivity index is 1.64. The van der Waals surface area contributed by atoms with Crippen molar-refractivity contribution in [3.63, 3.8) is 0 Å². The zero-order valence-corrected chi connectivity index (χ0v) is 17.6. The highest BCUT2D eigenvalue weighted by molar-refractivity contribution is 6.18.